The largest absolute Gasteiger partial charge is 0.466 e. The van der Waals surface area contributed by atoms with E-state index in [0.29, 0.717) is 13.2 Å². The molecule has 0 aromatic rings. The highest BCUT2D eigenvalue weighted by molar-refractivity contribution is 5.72. The summed E-state index contributed by atoms with van der Waals surface area (Å²) in [6, 6.07) is 0. The molecule has 4 heteroatoms. The first-order chi connectivity index (χ1) is 5.22. The van der Waals surface area contributed by atoms with Gasteiger partial charge in [-0.05, 0) is 6.92 Å². The Bertz CT molecular complexity index is 116. The first kappa shape index (κ1) is 10.4. The van der Waals surface area contributed by atoms with Crippen molar-refractivity contribution < 1.29 is 14.4 Å². The second-order valence-electron chi connectivity index (χ2n) is 2.21. The second-order valence-corrected chi connectivity index (χ2v) is 2.21. The first-order valence-electron chi connectivity index (χ1n) is 3.64. The Morgan fingerprint density at radius 3 is 2.73 bits per heavy atom. The van der Waals surface area contributed by atoms with E-state index in [4.69, 9.17) is 4.74 Å². The quantitative estimate of drug-likeness (QED) is 0.466. The Hall–Kier alpha value is -0.610. The van der Waals surface area contributed by atoms with Gasteiger partial charge in [0.05, 0.1) is 19.6 Å². The smallest absolute Gasteiger partial charge is 0.310 e. The summed E-state index contributed by atoms with van der Waals surface area (Å²) in [5.41, 5.74) is 2.59. The molecule has 1 atom stereocenters. The van der Waals surface area contributed by atoms with E-state index in [0.717, 1.165) is 0 Å². The lowest BCUT2D eigenvalue weighted by Crippen LogP contribution is -2.27. The van der Waals surface area contributed by atoms with Gasteiger partial charge in [0.25, 0.3) is 0 Å². The molecule has 0 radical (unpaired) electrons. The molecule has 0 bridgehead atoms. The van der Waals surface area contributed by atoms with Gasteiger partial charge in [0.15, 0.2) is 0 Å². The maximum absolute atomic E-state index is 10.9. The molecule has 1 unspecified atom stereocenters. The van der Waals surface area contributed by atoms with Crippen molar-refractivity contribution in [3.8, 4) is 0 Å². The SMILES string of the molecule is CCOC(=O)C(C)CNOC. The molecule has 0 heterocycles. The van der Waals surface area contributed by atoms with Crippen molar-refractivity contribution in [3.05, 3.63) is 0 Å². The van der Waals surface area contributed by atoms with Crippen LogP contribution in [0.25, 0.3) is 0 Å². The van der Waals surface area contributed by atoms with Crippen LogP contribution in [0.15, 0.2) is 0 Å². The molecule has 0 amide bonds. The third kappa shape index (κ3) is 4.75. The molecule has 0 aromatic heterocycles. The lowest BCUT2D eigenvalue weighted by atomic mass is 10.2. The van der Waals surface area contributed by atoms with Gasteiger partial charge >= 0.3 is 5.97 Å². The van der Waals surface area contributed by atoms with E-state index in [2.05, 4.69) is 10.3 Å². The van der Waals surface area contributed by atoms with Crippen molar-refractivity contribution in [2.75, 3.05) is 20.3 Å². The molecule has 0 aromatic carbocycles. The summed E-state index contributed by atoms with van der Waals surface area (Å²) in [4.78, 5) is 15.5. The fraction of sp³-hybridized carbons (Fsp3) is 0.857. The fourth-order valence-electron chi connectivity index (χ4n) is 0.576. The topological polar surface area (TPSA) is 47.6 Å². The molecule has 0 saturated heterocycles. The van der Waals surface area contributed by atoms with Crippen LogP contribution >= 0.6 is 0 Å². The summed E-state index contributed by atoms with van der Waals surface area (Å²) in [6.45, 7) is 4.48. The van der Waals surface area contributed by atoms with Gasteiger partial charge in [-0.2, -0.15) is 0 Å². The number of hydrogen-bond acceptors (Lipinski definition) is 4. The monoisotopic (exact) mass is 161 g/mol. The van der Waals surface area contributed by atoms with Crippen LogP contribution in [-0.2, 0) is 14.4 Å². The molecule has 0 spiro atoms. The maximum atomic E-state index is 10.9. The fourth-order valence-corrected chi connectivity index (χ4v) is 0.576. The minimum absolute atomic E-state index is 0.158. The minimum atomic E-state index is -0.197. The molecular weight excluding hydrogens is 146 g/mol. The molecule has 0 aliphatic heterocycles. The second kappa shape index (κ2) is 6.12. The Kier molecular flexibility index (Phi) is 5.78. The molecule has 0 aliphatic rings. The third-order valence-electron chi connectivity index (χ3n) is 1.22. The number of hydrogen-bond donors (Lipinski definition) is 1. The third-order valence-corrected chi connectivity index (χ3v) is 1.22. The summed E-state index contributed by atoms with van der Waals surface area (Å²) in [6.07, 6.45) is 0. The van der Waals surface area contributed by atoms with E-state index in [1.165, 1.54) is 7.11 Å². The molecule has 66 valence electrons. The van der Waals surface area contributed by atoms with Crippen molar-refractivity contribution >= 4 is 5.97 Å². The number of carbonyl (C=O) groups excluding carboxylic acids is 1. The van der Waals surface area contributed by atoms with Crippen LogP contribution in [0.2, 0.25) is 0 Å². The van der Waals surface area contributed by atoms with Crippen molar-refractivity contribution in [1.82, 2.24) is 5.48 Å². The molecular formula is C7H15NO3. The summed E-state index contributed by atoms with van der Waals surface area (Å²) in [7, 11) is 1.51. The van der Waals surface area contributed by atoms with Crippen LogP contribution in [0.5, 0.6) is 0 Å². The number of ether oxygens (including phenoxy) is 1. The summed E-state index contributed by atoms with van der Waals surface area (Å²) < 4.78 is 4.77. The van der Waals surface area contributed by atoms with Gasteiger partial charge < -0.3 is 9.57 Å². The summed E-state index contributed by atoms with van der Waals surface area (Å²) >= 11 is 0. The lowest BCUT2D eigenvalue weighted by molar-refractivity contribution is -0.148. The predicted octanol–water partition coefficient (Wildman–Crippen LogP) is 0.337. The molecule has 1 N–H and O–H groups in total. The highest BCUT2D eigenvalue weighted by Crippen LogP contribution is 1.95. The van der Waals surface area contributed by atoms with Crippen LogP contribution in [-0.4, -0.2) is 26.2 Å². The van der Waals surface area contributed by atoms with Gasteiger partial charge in [0.1, 0.15) is 0 Å². The highest BCUT2D eigenvalue weighted by atomic mass is 16.6. The van der Waals surface area contributed by atoms with Crippen LogP contribution in [0, 0.1) is 5.92 Å². The number of rotatable bonds is 5. The lowest BCUT2D eigenvalue weighted by Gasteiger charge is -2.09. The predicted molar refractivity (Wildman–Crippen MR) is 40.8 cm³/mol. The van der Waals surface area contributed by atoms with Crippen molar-refractivity contribution in [2.24, 2.45) is 5.92 Å². The Morgan fingerprint density at radius 2 is 2.27 bits per heavy atom. The van der Waals surface area contributed by atoms with Crippen molar-refractivity contribution in [3.63, 3.8) is 0 Å². The van der Waals surface area contributed by atoms with E-state index in [1.54, 1.807) is 13.8 Å². The van der Waals surface area contributed by atoms with E-state index < -0.39 is 0 Å². The van der Waals surface area contributed by atoms with E-state index in [1.807, 2.05) is 0 Å². The minimum Gasteiger partial charge on any atom is -0.466 e. The number of esters is 1. The Labute approximate surface area is 66.8 Å². The van der Waals surface area contributed by atoms with Crippen molar-refractivity contribution in [2.45, 2.75) is 13.8 Å². The highest BCUT2D eigenvalue weighted by Gasteiger charge is 2.12. The van der Waals surface area contributed by atoms with Crippen LogP contribution in [0.3, 0.4) is 0 Å². The molecule has 0 saturated carbocycles. The van der Waals surface area contributed by atoms with Crippen LogP contribution < -0.4 is 5.48 Å². The van der Waals surface area contributed by atoms with Gasteiger partial charge in [-0.15, -0.1) is 0 Å². The average Bonchev–Trinajstić information content (AvgIpc) is 2.00. The molecule has 11 heavy (non-hydrogen) atoms. The number of hydroxylamine groups is 1. The van der Waals surface area contributed by atoms with Crippen LogP contribution in [0.1, 0.15) is 13.8 Å². The molecule has 0 aliphatic carbocycles. The maximum Gasteiger partial charge on any atom is 0.310 e. The van der Waals surface area contributed by atoms with E-state index >= 15 is 0 Å². The van der Waals surface area contributed by atoms with Crippen LogP contribution in [0.4, 0.5) is 0 Å². The Morgan fingerprint density at radius 1 is 1.64 bits per heavy atom. The normalized spacial score (nSPS) is 12.6. The summed E-state index contributed by atoms with van der Waals surface area (Å²) in [5.74, 6) is -0.355. The number of nitrogens with one attached hydrogen (secondary N) is 1. The first-order valence-corrected chi connectivity index (χ1v) is 3.64. The van der Waals surface area contributed by atoms with Crippen molar-refractivity contribution in [1.29, 1.82) is 0 Å². The van der Waals surface area contributed by atoms with Gasteiger partial charge in [-0.3, -0.25) is 4.79 Å². The van der Waals surface area contributed by atoms with Gasteiger partial charge in [0, 0.05) is 6.54 Å². The standard InChI is InChI=1S/C7H15NO3/c1-4-11-7(9)6(2)5-8-10-3/h6,8H,4-5H2,1-3H3. The number of carbonyl (C=O) groups is 1. The average molecular weight is 161 g/mol. The molecule has 4 nitrogen and oxygen atoms in total. The van der Waals surface area contributed by atoms with E-state index in [9.17, 15) is 4.79 Å². The molecule has 0 fully saturated rings. The Balaban J connectivity index is 3.46. The zero-order valence-electron chi connectivity index (χ0n) is 7.22. The van der Waals surface area contributed by atoms with E-state index in [-0.39, 0.29) is 11.9 Å². The summed E-state index contributed by atoms with van der Waals surface area (Å²) in [5, 5.41) is 0. The van der Waals surface area contributed by atoms with Gasteiger partial charge in [-0.25, -0.2) is 5.48 Å². The zero-order valence-corrected chi connectivity index (χ0v) is 7.22. The van der Waals surface area contributed by atoms with Gasteiger partial charge in [-0.1, -0.05) is 6.92 Å². The zero-order chi connectivity index (χ0) is 8.69. The van der Waals surface area contributed by atoms with Gasteiger partial charge in [0.2, 0.25) is 0 Å². The molecule has 0 rings (SSSR count).